The summed E-state index contributed by atoms with van der Waals surface area (Å²) in [7, 11) is 1.76. The van der Waals surface area contributed by atoms with Crippen LogP contribution in [0.1, 0.15) is 22.5 Å². The average Bonchev–Trinajstić information content (AvgIpc) is 3.21. The van der Waals surface area contributed by atoms with E-state index in [9.17, 15) is 14.0 Å². The number of pyridine rings is 1. The van der Waals surface area contributed by atoms with Crippen molar-refractivity contribution in [1.29, 1.82) is 0 Å². The highest BCUT2D eigenvalue weighted by Crippen LogP contribution is 2.23. The van der Waals surface area contributed by atoms with Crippen molar-refractivity contribution < 1.29 is 14.0 Å². The first-order valence-corrected chi connectivity index (χ1v) is 8.65. The van der Waals surface area contributed by atoms with E-state index < -0.39 is 11.7 Å². The van der Waals surface area contributed by atoms with Crippen molar-refractivity contribution in [2.24, 2.45) is 11.7 Å². The molecule has 28 heavy (non-hydrogen) atoms. The quantitative estimate of drug-likeness (QED) is 0.685. The lowest BCUT2D eigenvalue weighted by atomic mass is 10.1. The molecule has 0 radical (unpaired) electrons. The number of nitrogens with zero attached hydrogens (tertiary/aromatic N) is 4. The molecule has 0 aliphatic carbocycles. The summed E-state index contributed by atoms with van der Waals surface area (Å²) in [4.78, 5) is 29.6. The third kappa shape index (κ3) is 3.07. The van der Waals surface area contributed by atoms with Crippen molar-refractivity contribution >= 4 is 22.7 Å². The van der Waals surface area contributed by atoms with Gasteiger partial charge in [0.2, 0.25) is 5.91 Å². The van der Waals surface area contributed by atoms with Gasteiger partial charge in [0.05, 0.1) is 5.52 Å². The molecule has 2 amide bonds. The fourth-order valence-electron chi connectivity index (χ4n) is 3.19. The topological polar surface area (TPSA) is 94.1 Å². The third-order valence-electron chi connectivity index (χ3n) is 4.66. The van der Waals surface area contributed by atoms with E-state index in [0.717, 1.165) is 0 Å². The Morgan fingerprint density at radius 2 is 2.14 bits per heavy atom. The number of likely N-dealkylation sites (tertiary alicyclic amines) is 1. The Morgan fingerprint density at radius 3 is 2.86 bits per heavy atom. The van der Waals surface area contributed by atoms with Crippen LogP contribution in [0.3, 0.4) is 0 Å². The number of halogens is 1. The molecule has 1 unspecified atom stereocenters. The molecule has 1 saturated heterocycles. The van der Waals surface area contributed by atoms with E-state index in [2.05, 4.69) is 21.9 Å². The lowest BCUT2D eigenvalue weighted by Crippen LogP contribution is -2.21. The molecular formula is C20H16FN5O2. The Labute approximate surface area is 159 Å². The zero-order valence-electron chi connectivity index (χ0n) is 15.0. The first-order valence-electron chi connectivity index (χ1n) is 8.65. The molecule has 0 spiro atoms. The van der Waals surface area contributed by atoms with Gasteiger partial charge >= 0.3 is 0 Å². The first kappa shape index (κ1) is 17.7. The number of hydrogen-bond donors (Lipinski definition) is 1. The van der Waals surface area contributed by atoms with E-state index in [1.165, 1.54) is 22.9 Å². The predicted octanol–water partition coefficient (Wildman–Crippen LogP) is 1.49. The van der Waals surface area contributed by atoms with Crippen LogP contribution in [0.2, 0.25) is 0 Å². The molecule has 8 heteroatoms. The van der Waals surface area contributed by atoms with Gasteiger partial charge in [-0.25, -0.2) is 14.1 Å². The molecule has 0 bridgehead atoms. The monoisotopic (exact) mass is 377 g/mol. The number of nitrogens with two attached hydrogens (primary N) is 1. The van der Waals surface area contributed by atoms with E-state index >= 15 is 0 Å². The summed E-state index contributed by atoms with van der Waals surface area (Å²) in [5.41, 5.74) is 6.49. The normalized spacial score (nSPS) is 16.3. The molecule has 2 N–H and O–H groups in total. The summed E-state index contributed by atoms with van der Waals surface area (Å²) in [5, 5.41) is 4.52. The maximum atomic E-state index is 13.6. The maximum Gasteiger partial charge on any atom is 0.269 e. The number of amides is 2. The fraction of sp³-hybridized carbons (Fsp3) is 0.200. The van der Waals surface area contributed by atoms with Gasteiger partial charge in [0.15, 0.2) is 11.5 Å². The van der Waals surface area contributed by atoms with Crippen molar-refractivity contribution in [3.05, 3.63) is 53.6 Å². The standard InChI is InChI=1S/C20H16FN5O2/c1-25-9-7-13(20(25)28)3-2-12-6-8-23-17(10-12)26-16-5-4-14(21)11-15(16)18(24-26)19(22)27/h4-6,8,10-11,13H,7,9H2,1H3,(H2,22,27). The van der Waals surface area contributed by atoms with E-state index in [0.29, 0.717) is 35.2 Å². The van der Waals surface area contributed by atoms with Gasteiger partial charge in [0.25, 0.3) is 5.91 Å². The SMILES string of the molecule is CN1CCC(C#Cc2ccnc(-n3nc(C(N)=O)c4cc(F)ccc43)c2)C1=O. The third-order valence-corrected chi connectivity index (χ3v) is 4.66. The van der Waals surface area contributed by atoms with Crippen LogP contribution < -0.4 is 5.73 Å². The summed E-state index contributed by atoms with van der Waals surface area (Å²) in [6.45, 7) is 0.700. The van der Waals surface area contributed by atoms with E-state index in [-0.39, 0.29) is 17.5 Å². The van der Waals surface area contributed by atoms with Crippen molar-refractivity contribution in [3.8, 4) is 17.7 Å². The molecule has 2 aromatic heterocycles. The van der Waals surface area contributed by atoms with Gasteiger partial charge in [-0.2, -0.15) is 5.10 Å². The number of rotatable bonds is 2. The molecule has 140 valence electrons. The molecule has 4 rings (SSSR count). The van der Waals surface area contributed by atoms with Crippen LogP contribution in [0.25, 0.3) is 16.7 Å². The first-order chi connectivity index (χ1) is 13.4. The maximum absolute atomic E-state index is 13.6. The van der Waals surface area contributed by atoms with Crippen molar-refractivity contribution in [2.75, 3.05) is 13.6 Å². The summed E-state index contributed by atoms with van der Waals surface area (Å²) < 4.78 is 15.0. The number of hydrogen-bond acceptors (Lipinski definition) is 4. The summed E-state index contributed by atoms with van der Waals surface area (Å²) >= 11 is 0. The smallest absolute Gasteiger partial charge is 0.269 e. The summed E-state index contributed by atoms with van der Waals surface area (Å²) in [6, 6.07) is 7.41. The Morgan fingerprint density at radius 1 is 1.32 bits per heavy atom. The molecule has 1 aliphatic heterocycles. The van der Waals surface area contributed by atoms with Crippen LogP contribution in [-0.2, 0) is 4.79 Å². The molecular weight excluding hydrogens is 361 g/mol. The number of aromatic nitrogens is 3. The Bertz CT molecular complexity index is 1170. The minimum absolute atomic E-state index is 0.0213. The van der Waals surface area contributed by atoms with E-state index in [4.69, 9.17) is 5.73 Å². The van der Waals surface area contributed by atoms with Crippen LogP contribution in [0.4, 0.5) is 4.39 Å². The van der Waals surface area contributed by atoms with E-state index in [1.54, 1.807) is 30.3 Å². The lowest BCUT2D eigenvalue weighted by molar-refractivity contribution is -0.128. The van der Waals surface area contributed by atoms with Crippen LogP contribution in [0.15, 0.2) is 36.5 Å². The fourth-order valence-corrected chi connectivity index (χ4v) is 3.19. The predicted molar refractivity (Wildman–Crippen MR) is 100.0 cm³/mol. The second-order valence-electron chi connectivity index (χ2n) is 6.56. The summed E-state index contributed by atoms with van der Waals surface area (Å²) in [6.07, 6.45) is 2.26. The minimum atomic E-state index is -0.755. The Balaban J connectivity index is 1.75. The molecule has 1 aliphatic rings. The second-order valence-corrected chi connectivity index (χ2v) is 6.56. The Kier molecular flexibility index (Phi) is 4.28. The van der Waals surface area contributed by atoms with Crippen LogP contribution in [-0.4, -0.2) is 45.1 Å². The molecule has 0 saturated carbocycles. The van der Waals surface area contributed by atoms with Gasteiger partial charge in [0.1, 0.15) is 11.7 Å². The molecule has 1 aromatic carbocycles. The molecule has 3 heterocycles. The molecule has 1 atom stereocenters. The van der Waals surface area contributed by atoms with Crippen molar-refractivity contribution in [1.82, 2.24) is 19.7 Å². The molecule has 1 fully saturated rings. The highest BCUT2D eigenvalue weighted by molar-refractivity contribution is 6.04. The van der Waals surface area contributed by atoms with Crippen LogP contribution in [0.5, 0.6) is 0 Å². The van der Waals surface area contributed by atoms with E-state index in [1.807, 2.05) is 0 Å². The van der Waals surface area contributed by atoms with Gasteiger partial charge in [0, 0.05) is 30.7 Å². The second kappa shape index (κ2) is 6.78. The minimum Gasteiger partial charge on any atom is -0.364 e. The summed E-state index contributed by atoms with van der Waals surface area (Å²) in [5.74, 6) is 4.88. The number of carbonyl (C=O) groups excluding carboxylic acids is 2. The largest absolute Gasteiger partial charge is 0.364 e. The van der Waals surface area contributed by atoms with Crippen molar-refractivity contribution in [3.63, 3.8) is 0 Å². The lowest BCUT2D eigenvalue weighted by Gasteiger charge is -2.05. The van der Waals surface area contributed by atoms with Gasteiger partial charge in [-0.15, -0.1) is 0 Å². The zero-order chi connectivity index (χ0) is 19.8. The number of benzene rings is 1. The molecule has 7 nitrogen and oxygen atoms in total. The highest BCUT2D eigenvalue weighted by atomic mass is 19.1. The highest BCUT2D eigenvalue weighted by Gasteiger charge is 2.27. The molecule has 3 aromatic rings. The average molecular weight is 377 g/mol. The van der Waals surface area contributed by atoms with Gasteiger partial charge in [-0.1, -0.05) is 11.8 Å². The number of fused-ring (bicyclic) bond motifs is 1. The Hall–Kier alpha value is -3.73. The zero-order valence-corrected chi connectivity index (χ0v) is 15.0. The van der Waals surface area contributed by atoms with Crippen LogP contribution in [0, 0.1) is 23.6 Å². The van der Waals surface area contributed by atoms with Gasteiger partial charge < -0.3 is 10.6 Å². The number of carbonyl (C=O) groups is 2. The number of primary amides is 1. The van der Waals surface area contributed by atoms with Gasteiger partial charge in [-0.05, 0) is 36.8 Å². The van der Waals surface area contributed by atoms with Gasteiger partial charge in [-0.3, -0.25) is 9.59 Å². The van der Waals surface area contributed by atoms with Crippen molar-refractivity contribution in [2.45, 2.75) is 6.42 Å². The van der Waals surface area contributed by atoms with Crippen LogP contribution >= 0.6 is 0 Å².